The summed E-state index contributed by atoms with van der Waals surface area (Å²) in [7, 11) is 0. The maximum atomic E-state index is 13.0. The van der Waals surface area contributed by atoms with E-state index in [0.717, 1.165) is 11.3 Å². The highest BCUT2D eigenvalue weighted by molar-refractivity contribution is 5.93. The Balaban J connectivity index is 1.39. The van der Waals surface area contributed by atoms with Gasteiger partial charge in [-0.05, 0) is 32.3 Å². The van der Waals surface area contributed by atoms with Gasteiger partial charge in [-0.15, -0.1) is 0 Å². The molecule has 7 nitrogen and oxygen atoms in total. The van der Waals surface area contributed by atoms with E-state index in [1.54, 1.807) is 6.33 Å². The van der Waals surface area contributed by atoms with Crippen LogP contribution in [0.2, 0.25) is 0 Å². The second-order valence-corrected chi connectivity index (χ2v) is 8.13. The molecule has 0 unspecified atom stereocenters. The summed E-state index contributed by atoms with van der Waals surface area (Å²) in [6.45, 7) is 6.10. The van der Waals surface area contributed by atoms with Crippen molar-refractivity contribution in [1.82, 2.24) is 19.8 Å². The highest BCUT2D eigenvalue weighted by Crippen LogP contribution is 2.28. The van der Waals surface area contributed by atoms with Crippen molar-refractivity contribution in [3.05, 3.63) is 53.6 Å². The molecule has 0 aliphatic carbocycles. The molecule has 1 saturated heterocycles. The SMILES string of the molecule is CC(C)NC(=O)C1CCN(C(=O)c2ncn3c2CO[C@@H](c2ccccc2)C3)CC1. The highest BCUT2D eigenvalue weighted by Gasteiger charge is 2.32. The van der Waals surface area contributed by atoms with Gasteiger partial charge in [0.2, 0.25) is 5.91 Å². The number of hydrogen-bond acceptors (Lipinski definition) is 4. The molecule has 1 aromatic heterocycles. The van der Waals surface area contributed by atoms with Crippen LogP contribution >= 0.6 is 0 Å². The minimum absolute atomic E-state index is 0.0210. The summed E-state index contributed by atoms with van der Waals surface area (Å²) in [5.41, 5.74) is 2.44. The van der Waals surface area contributed by atoms with E-state index in [1.165, 1.54) is 0 Å². The molecular weight excluding hydrogens is 368 g/mol. The molecule has 4 rings (SSSR count). The van der Waals surface area contributed by atoms with Gasteiger partial charge in [0.1, 0.15) is 6.10 Å². The van der Waals surface area contributed by atoms with Crippen LogP contribution in [0.3, 0.4) is 0 Å². The van der Waals surface area contributed by atoms with Crippen molar-refractivity contribution in [1.29, 1.82) is 0 Å². The molecule has 1 aromatic carbocycles. The molecular formula is C22H28N4O3. The zero-order valence-corrected chi connectivity index (χ0v) is 17.0. The van der Waals surface area contributed by atoms with Gasteiger partial charge in [-0.3, -0.25) is 9.59 Å². The Morgan fingerprint density at radius 3 is 2.59 bits per heavy atom. The number of nitrogens with one attached hydrogen (secondary N) is 1. The predicted octanol–water partition coefficient (Wildman–Crippen LogP) is 2.53. The average molecular weight is 396 g/mol. The lowest BCUT2D eigenvalue weighted by atomic mass is 9.95. The third-order valence-electron chi connectivity index (χ3n) is 5.69. The lowest BCUT2D eigenvalue weighted by Gasteiger charge is -2.32. The smallest absolute Gasteiger partial charge is 0.274 e. The number of piperidine rings is 1. The average Bonchev–Trinajstić information content (AvgIpc) is 3.16. The molecule has 2 amide bonds. The van der Waals surface area contributed by atoms with Crippen LogP contribution < -0.4 is 5.32 Å². The van der Waals surface area contributed by atoms with Gasteiger partial charge in [-0.25, -0.2) is 4.98 Å². The van der Waals surface area contributed by atoms with E-state index in [4.69, 9.17) is 4.74 Å². The molecule has 2 aliphatic rings. The third kappa shape index (κ3) is 4.19. The van der Waals surface area contributed by atoms with Crippen LogP contribution in [0.5, 0.6) is 0 Å². The highest BCUT2D eigenvalue weighted by atomic mass is 16.5. The van der Waals surface area contributed by atoms with Crippen molar-refractivity contribution in [2.45, 2.75) is 52.0 Å². The Hall–Kier alpha value is -2.67. The number of hydrogen-bond donors (Lipinski definition) is 1. The number of fused-ring (bicyclic) bond motifs is 1. The number of benzene rings is 1. The lowest BCUT2D eigenvalue weighted by Crippen LogP contribution is -2.44. The predicted molar refractivity (Wildman–Crippen MR) is 108 cm³/mol. The largest absolute Gasteiger partial charge is 0.365 e. The Morgan fingerprint density at radius 1 is 1.17 bits per heavy atom. The molecule has 0 bridgehead atoms. The minimum atomic E-state index is -0.0665. The van der Waals surface area contributed by atoms with Gasteiger partial charge in [0.05, 0.1) is 25.2 Å². The zero-order chi connectivity index (χ0) is 20.4. The number of ether oxygens (including phenoxy) is 1. The number of rotatable bonds is 4. The fraction of sp³-hybridized carbons (Fsp3) is 0.500. The Kier molecular flexibility index (Phi) is 5.67. The third-order valence-corrected chi connectivity index (χ3v) is 5.69. The summed E-state index contributed by atoms with van der Waals surface area (Å²) in [6.07, 6.45) is 3.08. The first-order valence-corrected chi connectivity index (χ1v) is 10.3. The molecule has 7 heteroatoms. The fourth-order valence-electron chi connectivity index (χ4n) is 4.07. The second-order valence-electron chi connectivity index (χ2n) is 8.13. The van der Waals surface area contributed by atoms with Gasteiger partial charge in [0, 0.05) is 25.0 Å². The molecule has 3 heterocycles. The zero-order valence-electron chi connectivity index (χ0n) is 17.0. The Labute approximate surface area is 171 Å². The summed E-state index contributed by atoms with van der Waals surface area (Å²) < 4.78 is 8.05. The van der Waals surface area contributed by atoms with E-state index in [0.29, 0.717) is 44.8 Å². The van der Waals surface area contributed by atoms with Crippen LogP contribution in [0.25, 0.3) is 0 Å². The monoisotopic (exact) mass is 396 g/mol. The Morgan fingerprint density at radius 2 is 1.90 bits per heavy atom. The van der Waals surface area contributed by atoms with Crippen molar-refractivity contribution >= 4 is 11.8 Å². The minimum Gasteiger partial charge on any atom is -0.365 e. The van der Waals surface area contributed by atoms with Gasteiger partial charge in [-0.2, -0.15) is 0 Å². The Bertz CT molecular complexity index is 869. The first-order valence-electron chi connectivity index (χ1n) is 10.3. The van der Waals surface area contributed by atoms with Crippen molar-refractivity contribution in [3.63, 3.8) is 0 Å². The molecule has 0 radical (unpaired) electrons. The van der Waals surface area contributed by atoms with Gasteiger partial charge < -0.3 is 19.5 Å². The summed E-state index contributed by atoms with van der Waals surface area (Å²) in [4.78, 5) is 31.5. The van der Waals surface area contributed by atoms with Crippen LogP contribution in [0, 0.1) is 5.92 Å². The number of carbonyl (C=O) groups excluding carboxylic acids is 2. The van der Waals surface area contributed by atoms with Crippen LogP contribution in [0.1, 0.15) is 54.5 Å². The van der Waals surface area contributed by atoms with E-state index >= 15 is 0 Å². The van der Waals surface area contributed by atoms with E-state index < -0.39 is 0 Å². The molecule has 1 fully saturated rings. The quantitative estimate of drug-likeness (QED) is 0.862. The summed E-state index contributed by atoms with van der Waals surface area (Å²) in [6, 6.07) is 10.2. The molecule has 2 aliphatic heterocycles. The lowest BCUT2D eigenvalue weighted by molar-refractivity contribution is -0.126. The van der Waals surface area contributed by atoms with Crippen molar-refractivity contribution in [3.8, 4) is 0 Å². The number of carbonyl (C=O) groups is 2. The number of imidazole rings is 1. The number of amides is 2. The molecule has 0 spiro atoms. The van der Waals surface area contributed by atoms with Crippen molar-refractivity contribution in [2.75, 3.05) is 13.1 Å². The topological polar surface area (TPSA) is 76.5 Å². The van der Waals surface area contributed by atoms with Crippen molar-refractivity contribution in [2.24, 2.45) is 5.92 Å². The second kappa shape index (κ2) is 8.37. The first-order chi connectivity index (χ1) is 14.0. The summed E-state index contributed by atoms with van der Waals surface area (Å²) >= 11 is 0. The maximum Gasteiger partial charge on any atom is 0.274 e. The molecule has 1 N–H and O–H groups in total. The van der Waals surface area contributed by atoms with E-state index in [1.807, 2.05) is 41.5 Å². The van der Waals surface area contributed by atoms with E-state index in [9.17, 15) is 9.59 Å². The van der Waals surface area contributed by atoms with Gasteiger partial charge >= 0.3 is 0 Å². The van der Waals surface area contributed by atoms with Crippen LogP contribution in [-0.2, 0) is 22.7 Å². The normalized spacial score (nSPS) is 19.8. The van der Waals surface area contributed by atoms with Crippen LogP contribution in [0.4, 0.5) is 0 Å². The van der Waals surface area contributed by atoms with E-state index in [2.05, 4.69) is 22.4 Å². The van der Waals surface area contributed by atoms with Gasteiger partial charge in [0.25, 0.3) is 5.91 Å². The van der Waals surface area contributed by atoms with E-state index in [-0.39, 0.29) is 29.9 Å². The summed E-state index contributed by atoms with van der Waals surface area (Å²) in [5.74, 6) is 0.00220. The molecule has 1 atom stereocenters. The van der Waals surface area contributed by atoms with Crippen LogP contribution in [0.15, 0.2) is 36.7 Å². The maximum absolute atomic E-state index is 13.0. The van der Waals surface area contributed by atoms with Crippen molar-refractivity contribution < 1.29 is 14.3 Å². The summed E-state index contributed by atoms with van der Waals surface area (Å²) in [5, 5.41) is 2.97. The first kappa shape index (κ1) is 19.6. The molecule has 2 aromatic rings. The number of nitrogens with zero attached hydrogens (tertiary/aromatic N) is 3. The number of aromatic nitrogens is 2. The van der Waals surface area contributed by atoms with Gasteiger partial charge in [0.15, 0.2) is 5.69 Å². The molecule has 0 saturated carbocycles. The van der Waals surface area contributed by atoms with Gasteiger partial charge in [-0.1, -0.05) is 30.3 Å². The number of likely N-dealkylation sites (tertiary alicyclic amines) is 1. The molecule has 29 heavy (non-hydrogen) atoms. The molecule has 154 valence electrons. The fourth-order valence-corrected chi connectivity index (χ4v) is 4.07. The van der Waals surface area contributed by atoms with Crippen LogP contribution in [-0.4, -0.2) is 45.4 Å². The standard InChI is InChI=1S/C22H28N4O3/c1-15(2)24-21(27)17-8-10-25(11-9-17)22(28)20-18-13-29-19(12-26(18)14-23-20)16-6-4-3-5-7-16/h3-7,14-15,17,19H,8-13H2,1-2H3,(H,24,27)/t19-/m1/s1.